The van der Waals surface area contributed by atoms with E-state index in [0.717, 1.165) is 66.8 Å². The summed E-state index contributed by atoms with van der Waals surface area (Å²) in [6.07, 6.45) is 0. The summed E-state index contributed by atoms with van der Waals surface area (Å²) >= 11 is 0. The molecule has 11 aromatic carbocycles. The molecule has 0 spiro atoms. The Kier molecular flexibility index (Phi) is 7.91. The summed E-state index contributed by atoms with van der Waals surface area (Å²) in [6.45, 7) is 0. The lowest BCUT2D eigenvalue weighted by molar-refractivity contribution is 0.673. The summed E-state index contributed by atoms with van der Waals surface area (Å²) < 4.78 is 9.00. The van der Waals surface area contributed by atoms with Crippen LogP contribution in [-0.2, 0) is 0 Å². The summed E-state index contributed by atoms with van der Waals surface area (Å²) in [7, 11) is 0. The molecule has 0 bridgehead atoms. The van der Waals surface area contributed by atoms with Crippen molar-refractivity contribution < 1.29 is 4.42 Å². The van der Waals surface area contributed by atoms with Crippen molar-refractivity contribution in [3.05, 3.63) is 231 Å². The van der Waals surface area contributed by atoms with Crippen LogP contribution in [0.15, 0.2) is 235 Å². The van der Waals surface area contributed by atoms with Crippen molar-refractivity contribution >= 4 is 93.1 Å². The van der Waals surface area contributed by atoms with Gasteiger partial charge in [-0.3, -0.25) is 0 Å². The molecule has 0 saturated heterocycles. The van der Waals surface area contributed by atoms with E-state index < -0.39 is 0 Å². The van der Waals surface area contributed by atoms with Crippen LogP contribution in [0.25, 0.3) is 104 Å². The lowest BCUT2D eigenvalue weighted by Gasteiger charge is -2.27. The molecule has 3 heteroatoms. The number of hydrogen-bond donors (Lipinski definition) is 0. The third-order valence-corrected chi connectivity index (χ3v) is 12.9. The molecular formula is C60H38N2O. The van der Waals surface area contributed by atoms with Crippen LogP contribution in [0.5, 0.6) is 0 Å². The Morgan fingerprint density at radius 2 is 0.841 bits per heavy atom. The number of anilines is 3. The Labute approximate surface area is 363 Å². The first kappa shape index (κ1) is 35.4. The van der Waals surface area contributed by atoms with E-state index in [4.69, 9.17) is 4.42 Å². The molecule has 2 heterocycles. The highest BCUT2D eigenvalue weighted by atomic mass is 16.3. The van der Waals surface area contributed by atoms with Crippen LogP contribution in [0.4, 0.5) is 17.1 Å². The van der Waals surface area contributed by atoms with Crippen LogP contribution in [0.3, 0.4) is 0 Å². The van der Waals surface area contributed by atoms with E-state index in [2.05, 4.69) is 240 Å². The molecule has 0 atom stereocenters. The van der Waals surface area contributed by atoms with Crippen LogP contribution in [0.2, 0.25) is 0 Å². The number of nitrogens with zero attached hydrogens (tertiary/aromatic N) is 2. The molecule has 0 fully saturated rings. The van der Waals surface area contributed by atoms with Gasteiger partial charge in [0.2, 0.25) is 0 Å². The first-order chi connectivity index (χ1) is 31.2. The molecule has 0 aliphatic carbocycles. The lowest BCUT2D eigenvalue weighted by Crippen LogP contribution is -2.10. The number of benzene rings is 11. The molecule has 0 radical (unpaired) electrons. The van der Waals surface area contributed by atoms with Crippen LogP contribution in [0, 0.1) is 0 Å². The maximum atomic E-state index is 6.62. The Hall–Kier alpha value is -8.40. The number of fused-ring (bicyclic) bond motifs is 11. The average molecular weight is 803 g/mol. The summed E-state index contributed by atoms with van der Waals surface area (Å²) in [5.74, 6) is 0. The fourth-order valence-electron chi connectivity index (χ4n) is 9.92. The minimum Gasteiger partial charge on any atom is -0.455 e. The minimum absolute atomic E-state index is 0.890. The number of rotatable bonds is 6. The SMILES string of the molecule is c1cc(-c2ccc3c(c2)oc2c4ccccc4ccc32)cc(N(c2ccc(-c3cccc(-n4c5ccccc5c5ccccc54)c3)cc2)c2ccc3c(ccc4ccccc43)c2)c1. The number of furan rings is 1. The summed E-state index contributed by atoms with van der Waals surface area (Å²) in [5, 5.41) is 12.1. The van der Waals surface area contributed by atoms with Crippen molar-refractivity contribution in [1.82, 2.24) is 4.57 Å². The van der Waals surface area contributed by atoms with Gasteiger partial charge in [0, 0.05) is 49.7 Å². The van der Waals surface area contributed by atoms with Crippen molar-refractivity contribution in [2.24, 2.45) is 0 Å². The maximum Gasteiger partial charge on any atom is 0.143 e. The smallest absolute Gasteiger partial charge is 0.143 e. The zero-order chi connectivity index (χ0) is 41.4. The maximum absolute atomic E-state index is 6.62. The molecule has 3 nitrogen and oxygen atoms in total. The van der Waals surface area contributed by atoms with Gasteiger partial charge in [-0.15, -0.1) is 0 Å². The van der Waals surface area contributed by atoms with Crippen molar-refractivity contribution in [2.75, 3.05) is 4.90 Å². The molecule has 63 heavy (non-hydrogen) atoms. The second kappa shape index (κ2) is 14.1. The van der Waals surface area contributed by atoms with Gasteiger partial charge in [-0.1, -0.05) is 152 Å². The standard InChI is InChI=1S/C60H38N2O/c1-3-17-50-40(11-1)23-24-45-37-49(31-34-51(45)50)61(47-15-10-14-43(36-47)44-28-32-55-56-33-27-41-12-2-4-18-52(41)60(56)63-59(55)38-44)46-29-25-39(26-30-46)42-13-9-16-48(35-42)62-57-21-7-5-19-53(57)54-20-6-8-22-58(54)62/h1-38H. The third-order valence-electron chi connectivity index (χ3n) is 12.9. The number of hydrogen-bond acceptors (Lipinski definition) is 2. The van der Waals surface area contributed by atoms with Crippen LogP contribution < -0.4 is 4.90 Å². The molecular weight excluding hydrogens is 765 g/mol. The van der Waals surface area contributed by atoms with Crippen molar-refractivity contribution in [2.45, 2.75) is 0 Å². The zero-order valence-electron chi connectivity index (χ0n) is 34.2. The van der Waals surface area contributed by atoms with Gasteiger partial charge in [0.25, 0.3) is 0 Å². The average Bonchev–Trinajstić information content (AvgIpc) is 3.90. The van der Waals surface area contributed by atoms with Gasteiger partial charge >= 0.3 is 0 Å². The molecule has 0 aliphatic rings. The summed E-state index contributed by atoms with van der Waals surface area (Å²) in [6, 6.07) is 83.5. The fourth-order valence-corrected chi connectivity index (χ4v) is 9.92. The molecule has 0 saturated carbocycles. The predicted octanol–water partition coefficient (Wildman–Crippen LogP) is 16.9. The molecule has 0 aliphatic heterocycles. The summed E-state index contributed by atoms with van der Waals surface area (Å²) in [4.78, 5) is 2.38. The largest absolute Gasteiger partial charge is 0.455 e. The van der Waals surface area contributed by atoms with Crippen LogP contribution >= 0.6 is 0 Å². The van der Waals surface area contributed by atoms with Crippen molar-refractivity contribution in [1.29, 1.82) is 0 Å². The topological polar surface area (TPSA) is 21.3 Å². The van der Waals surface area contributed by atoms with E-state index in [9.17, 15) is 0 Å². The molecule has 13 rings (SSSR count). The van der Waals surface area contributed by atoms with Crippen LogP contribution in [0.1, 0.15) is 0 Å². The quantitative estimate of drug-likeness (QED) is 0.156. The van der Waals surface area contributed by atoms with E-state index in [1.54, 1.807) is 0 Å². The van der Waals surface area contributed by atoms with Gasteiger partial charge in [0.05, 0.1) is 11.0 Å². The van der Waals surface area contributed by atoms with E-state index in [1.807, 2.05) is 0 Å². The van der Waals surface area contributed by atoms with Crippen LogP contribution in [-0.4, -0.2) is 4.57 Å². The highest BCUT2D eigenvalue weighted by molar-refractivity contribution is 6.15. The number of aromatic nitrogens is 1. The van der Waals surface area contributed by atoms with Gasteiger partial charge < -0.3 is 13.9 Å². The van der Waals surface area contributed by atoms with Crippen molar-refractivity contribution in [3.63, 3.8) is 0 Å². The van der Waals surface area contributed by atoms with Gasteiger partial charge in [0.1, 0.15) is 11.2 Å². The summed E-state index contributed by atoms with van der Waals surface area (Å²) in [5.41, 5.74) is 13.2. The third kappa shape index (κ3) is 5.75. The van der Waals surface area contributed by atoms with E-state index >= 15 is 0 Å². The molecule has 0 amide bonds. The molecule has 0 unspecified atom stereocenters. The fraction of sp³-hybridized carbons (Fsp3) is 0. The van der Waals surface area contributed by atoms with E-state index in [0.29, 0.717) is 0 Å². The van der Waals surface area contributed by atoms with E-state index in [-0.39, 0.29) is 0 Å². The Morgan fingerprint density at radius 3 is 1.63 bits per heavy atom. The van der Waals surface area contributed by atoms with Gasteiger partial charge in [-0.2, -0.15) is 0 Å². The first-order valence-corrected chi connectivity index (χ1v) is 21.6. The van der Waals surface area contributed by atoms with Gasteiger partial charge in [-0.25, -0.2) is 0 Å². The molecule has 0 N–H and O–H groups in total. The molecule has 294 valence electrons. The Bertz CT molecular complexity index is 3870. The molecule has 13 aromatic rings. The lowest BCUT2D eigenvalue weighted by atomic mass is 10.00. The monoisotopic (exact) mass is 802 g/mol. The number of para-hydroxylation sites is 2. The molecule has 2 aromatic heterocycles. The normalized spacial score (nSPS) is 11.8. The van der Waals surface area contributed by atoms with Gasteiger partial charge in [-0.05, 0) is 128 Å². The first-order valence-electron chi connectivity index (χ1n) is 21.6. The van der Waals surface area contributed by atoms with Gasteiger partial charge in [0.15, 0.2) is 0 Å². The van der Waals surface area contributed by atoms with Crippen molar-refractivity contribution in [3.8, 4) is 27.9 Å². The second-order valence-corrected chi connectivity index (χ2v) is 16.5. The van der Waals surface area contributed by atoms with E-state index in [1.165, 1.54) is 54.3 Å². The second-order valence-electron chi connectivity index (χ2n) is 16.5. The highest BCUT2D eigenvalue weighted by Gasteiger charge is 2.18. The Balaban J connectivity index is 0.919. The highest BCUT2D eigenvalue weighted by Crippen LogP contribution is 2.42. The minimum atomic E-state index is 0.890. The predicted molar refractivity (Wildman–Crippen MR) is 266 cm³/mol. The zero-order valence-corrected chi connectivity index (χ0v) is 34.2. The Morgan fingerprint density at radius 1 is 0.302 bits per heavy atom.